The molecule has 0 saturated carbocycles. The third-order valence-electron chi connectivity index (χ3n) is 1.83. The van der Waals surface area contributed by atoms with E-state index < -0.39 is 0 Å². The Bertz CT molecular complexity index is 422. The molecule has 0 spiro atoms. The molecule has 2 aromatic rings. The van der Waals surface area contributed by atoms with Gasteiger partial charge in [0, 0.05) is 11.8 Å². The van der Waals surface area contributed by atoms with Crippen LogP contribution in [0, 0.1) is 6.92 Å². The first-order valence-corrected chi connectivity index (χ1v) is 4.78. The maximum absolute atomic E-state index is 5.75. The number of aryl methyl sites for hydroxylation is 1. The van der Waals surface area contributed by atoms with Crippen molar-refractivity contribution < 1.29 is 0 Å². The fourth-order valence-electron chi connectivity index (χ4n) is 1.17. The monoisotopic (exact) mass is 191 g/mol. The van der Waals surface area contributed by atoms with E-state index in [1.807, 2.05) is 24.6 Å². The SMILES string of the molecule is Cc1ncsc1-c1cccnc1N. The molecule has 0 unspecified atom stereocenters. The lowest BCUT2D eigenvalue weighted by Gasteiger charge is -2.01. The molecule has 2 aromatic heterocycles. The molecule has 0 aliphatic carbocycles. The van der Waals surface area contributed by atoms with Crippen molar-refractivity contribution in [2.75, 3.05) is 5.73 Å². The van der Waals surface area contributed by atoms with Crippen LogP contribution in [0.4, 0.5) is 5.82 Å². The van der Waals surface area contributed by atoms with Crippen molar-refractivity contribution in [3.8, 4) is 10.4 Å². The molecular weight excluding hydrogens is 182 g/mol. The standard InChI is InChI=1S/C9H9N3S/c1-6-8(13-5-12-6)7-3-2-4-11-9(7)10/h2-5H,1H3,(H2,10,11). The normalized spacial score (nSPS) is 10.2. The Kier molecular flexibility index (Phi) is 1.98. The predicted molar refractivity (Wildman–Crippen MR) is 54.5 cm³/mol. The van der Waals surface area contributed by atoms with Crippen molar-refractivity contribution in [1.82, 2.24) is 9.97 Å². The van der Waals surface area contributed by atoms with Gasteiger partial charge in [0.25, 0.3) is 0 Å². The molecule has 4 heteroatoms. The van der Waals surface area contributed by atoms with Gasteiger partial charge in [-0.05, 0) is 19.1 Å². The summed E-state index contributed by atoms with van der Waals surface area (Å²) in [6, 6.07) is 3.84. The molecule has 2 heterocycles. The molecule has 13 heavy (non-hydrogen) atoms. The number of rotatable bonds is 1. The van der Waals surface area contributed by atoms with Gasteiger partial charge in [-0.3, -0.25) is 0 Å². The van der Waals surface area contributed by atoms with Gasteiger partial charge < -0.3 is 5.73 Å². The number of pyridine rings is 1. The highest BCUT2D eigenvalue weighted by Crippen LogP contribution is 2.29. The number of hydrogen-bond acceptors (Lipinski definition) is 4. The number of nitrogen functional groups attached to an aromatic ring is 1. The van der Waals surface area contributed by atoms with E-state index in [-0.39, 0.29) is 0 Å². The number of hydrogen-bond donors (Lipinski definition) is 1. The van der Waals surface area contributed by atoms with Crippen LogP contribution in [-0.2, 0) is 0 Å². The summed E-state index contributed by atoms with van der Waals surface area (Å²) < 4.78 is 0. The second kappa shape index (κ2) is 3.14. The molecule has 0 fully saturated rings. The van der Waals surface area contributed by atoms with E-state index in [1.54, 1.807) is 17.5 Å². The highest BCUT2D eigenvalue weighted by molar-refractivity contribution is 7.13. The molecule has 0 aliphatic rings. The third kappa shape index (κ3) is 1.40. The quantitative estimate of drug-likeness (QED) is 0.751. The van der Waals surface area contributed by atoms with Crippen LogP contribution in [0.3, 0.4) is 0 Å². The van der Waals surface area contributed by atoms with Gasteiger partial charge in [0.2, 0.25) is 0 Å². The molecule has 3 nitrogen and oxygen atoms in total. The molecule has 66 valence electrons. The van der Waals surface area contributed by atoms with Crippen LogP contribution < -0.4 is 5.73 Å². The molecule has 0 aliphatic heterocycles. The summed E-state index contributed by atoms with van der Waals surface area (Å²) in [5, 5.41) is 0. The van der Waals surface area contributed by atoms with Gasteiger partial charge in [0.1, 0.15) is 5.82 Å². The number of nitrogens with two attached hydrogens (primary N) is 1. The van der Waals surface area contributed by atoms with Gasteiger partial charge in [-0.25, -0.2) is 9.97 Å². The Morgan fingerprint density at radius 2 is 2.23 bits per heavy atom. The van der Waals surface area contributed by atoms with Crippen molar-refractivity contribution in [2.24, 2.45) is 0 Å². The van der Waals surface area contributed by atoms with Crippen LogP contribution in [-0.4, -0.2) is 9.97 Å². The predicted octanol–water partition coefficient (Wildman–Crippen LogP) is 2.10. The van der Waals surface area contributed by atoms with Crippen molar-refractivity contribution in [1.29, 1.82) is 0 Å². The lowest BCUT2D eigenvalue weighted by atomic mass is 10.2. The van der Waals surface area contributed by atoms with Gasteiger partial charge >= 0.3 is 0 Å². The molecule has 0 saturated heterocycles. The lowest BCUT2D eigenvalue weighted by Crippen LogP contribution is -1.92. The minimum atomic E-state index is 0.565. The van der Waals surface area contributed by atoms with Crippen LogP contribution in [0.1, 0.15) is 5.69 Å². The number of nitrogens with zero attached hydrogens (tertiary/aromatic N) is 2. The van der Waals surface area contributed by atoms with Crippen LogP contribution >= 0.6 is 11.3 Å². The van der Waals surface area contributed by atoms with Crippen molar-refractivity contribution in [2.45, 2.75) is 6.92 Å². The van der Waals surface area contributed by atoms with Crippen molar-refractivity contribution >= 4 is 17.2 Å². The molecule has 0 atom stereocenters. The first kappa shape index (κ1) is 8.19. The number of anilines is 1. The molecule has 0 amide bonds. The van der Waals surface area contributed by atoms with Crippen molar-refractivity contribution in [3.63, 3.8) is 0 Å². The van der Waals surface area contributed by atoms with E-state index in [9.17, 15) is 0 Å². The number of aromatic nitrogens is 2. The fourth-order valence-corrected chi connectivity index (χ4v) is 2.01. The summed E-state index contributed by atoms with van der Waals surface area (Å²) in [6.07, 6.45) is 1.69. The summed E-state index contributed by atoms with van der Waals surface area (Å²) in [5.41, 5.74) is 9.54. The van der Waals surface area contributed by atoms with Crippen LogP contribution in [0.5, 0.6) is 0 Å². The first-order valence-electron chi connectivity index (χ1n) is 3.90. The Morgan fingerprint density at radius 1 is 1.38 bits per heavy atom. The summed E-state index contributed by atoms with van der Waals surface area (Å²) in [4.78, 5) is 9.30. The second-order valence-corrected chi connectivity index (χ2v) is 3.56. The Morgan fingerprint density at radius 3 is 2.85 bits per heavy atom. The van der Waals surface area contributed by atoms with Gasteiger partial charge in [-0.15, -0.1) is 11.3 Å². The van der Waals surface area contributed by atoms with Gasteiger partial charge in [0.05, 0.1) is 16.1 Å². The average molecular weight is 191 g/mol. The fraction of sp³-hybridized carbons (Fsp3) is 0.111. The summed E-state index contributed by atoms with van der Waals surface area (Å²) in [5.74, 6) is 0.565. The van der Waals surface area contributed by atoms with E-state index in [1.165, 1.54) is 0 Å². The van der Waals surface area contributed by atoms with E-state index in [0.29, 0.717) is 5.82 Å². The van der Waals surface area contributed by atoms with Gasteiger partial charge in [0.15, 0.2) is 0 Å². The average Bonchev–Trinajstić information content (AvgIpc) is 2.52. The van der Waals surface area contributed by atoms with Gasteiger partial charge in [-0.2, -0.15) is 0 Å². The van der Waals surface area contributed by atoms with Gasteiger partial charge in [-0.1, -0.05) is 0 Å². The Balaban J connectivity index is 2.59. The highest BCUT2D eigenvalue weighted by Gasteiger charge is 2.07. The summed E-state index contributed by atoms with van der Waals surface area (Å²) >= 11 is 1.59. The molecule has 2 rings (SSSR count). The highest BCUT2D eigenvalue weighted by atomic mass is 32.1. The minimum absolute atomic E-state index is 0.565. The third-order valence-corrected chi connectivity index (χ3v) is 2.79. The molecular formula is C9H9N3S. The van der Waals surface area contributed by atoms with Crippen LogP contribution in [0.15, 0.2) is 23.8 Å². The van der Waals surface area contributed by atoms with Crippen LogP contribution in [0.2, 0.25) is 0 Å². The molecule has 2 N–H and O–H groups in total. The zero-order chi connectivity index (χ0) is 9.26. The molecule has 0 aromatic carbocycles. The van der Waals surface area contributed by atoms with E-state index in [2.05, 4.69) is 9.97 Å². The maximum Gasteiger partial charge on any atom is 0.132 e. The smallest absolute Gasteiger partial charge is 0.132 e. The van der Waals surface area contributed by atoms with E-state index in [0.717, 1.165) is 16.1 Å². The largest absolute Gasteiger partial charge is 0.383 e. The maximum atomic E-state index is 5.75. The Hall–Kier alpha value is -1.42. The molecule has 0 radical (unpaired) electrons. The molecule has 0 bridgehead atoms. The lowest BCUT2D eigenvalue weighted by molar-refractivity contribution is 1.26. The topological polar surface area (TPSA) is 51.8 Å². The summed E-state index contributed by atoms with van der Waals surface area (Å²) in [6.45, 7) is 1.97. The number of thiazole rings is 1. The second-order valence-electron chi connectivity index (χ2n) is 2.70. The zero-order valence-corrected chi connectivity index (χ0v) is 8.01. The zero-order valence-electron chi connectivity index (χ0n) is 7.19. The first-order chi connectivity index (χ1) is 6.29. The van der Waals surface area contributed by atoms with E-state index in [4.69, 9.17) is 5.73 Å². The van der Waals surface area contributed by atoms with E-state index >= 15 is 0 Å². The summed E-state index contributed by atoms with van der Waals surface area (Å²) in [7, 11) is 0. The Labute approximate surface area is 80.3 Å². The minimum Gasteiger partial charge on any atom is -0.383 e. The van der Waals surface area contributed by atoms with Crippen molar-refractivity contribution in [3.05, 3.63) is 29.5 Å². The van der Waals surface area contributed by atoms with Crippen LogP contribution in [0.25, 0.3) is 10.4 Å².